The lowest BCUT2D eigenvalue weighted by atomic mass is 9.89. The topological polar surface area (TPSA) is 33.1 Å². The zero-order valence-electron chi connectivity index (χ0n) is 13.5. The summed E-state index contributed by atoms with van der Waals surface area (Å²) in [5.41, 5.74) is 1.38. The number of aromatic nitrogens is 2. The average Bonchev–Trinajstić information content (AvgIpc) is 2.69. The predicted octanol–water partition coefficient (Wildman–Crippen LogP) is 2.73. The fourth-order valence-corrected chi connectivity index (χ4v) is 3.42. The van der Waals surface area contributed by atoms with E-state index in [-0.39, 0.29) is 5.54 Å². The second-order valence-electron chi connectivity index (χ2n) is 6.43. The smallest absolute Gasteiger partial charge is 0.0673 e. The number of likely N-dealkylation sites (N-methyl/N-ethyl adjacent to an activating group) is 1. The number of rotatable bonds is 5. The van der Waals surface area contributed by atoms with Crippen LogP contribution in [0.15, 0.2) is 12.3 Å². The molecular weight excluding hydrogens is 248 g/mol. The highest BCUT2D eigenvalue weighted by atomic mass is 15.3. The van der Waals surface area contributed by atoms with Crippen LogP contribution in [0.4, 0.5) is 0 Å². The molecule has 0 saturated carbocycles. The lowest BCUT2D eigenvalue weighted by Gasteiger charge is -2.44. The lowest BCUT2D eigenvalue weighted by Crippen LogP contribution is -2.53. The Morgan fingerprint density at radius 1 is 1.25 bits per heavy atom. The zero-order chi connectivity index (χ0) is 14.6. The van der Waals surface area contributed by atoms with Crippen molar-refractivity contribution in [2.24, 2.45) is 7.05 Å². The van der Waals surface area contributed by atoms with Crippen molar-refractivity contribution in [3.63, 3.8) is 0 Å². The molecule has 2 rings (SSSR count). The highest BCUT2D eigenvalue weighted by molar-refractivity contribution is 5.13. The van der Waals surface area contributed by atoms with E-state index in [1.54, 1.807) is 0 Å². The third-order valence-electron chi connectivity index (χ3n) is 4.69. The van der Waals surface area contributed by atoms with Crippen molar-refractivity contribution < 1.29 is 0 Å². The van der Waals surface area contributed by atoms with E-state index in [1.165, 1.54) is 44.5 Å². The van der Waals surface area contributed by atoms with Gasteiger partial charge in [-0.15, -0.1) is 0 Å². The van der Waals surface area contributed by atoms with Gasteiger partial charge in [0.15, 0.2) is 0 Å². The molecule has 1 aromatic rings. The Morgan fingerprint density at radius 2 is 1.90 bits per heavy atom. The molecule has 2 heterocycles. The first-order chi connectivity index (χ1) is 9.57. The fourth-order valence-electron chi connectivity index (χ4n) is 3.42. The molecule has 1 fully saturated rings. The summed E-state index contributed by atoms with van der Waals surface area (Å²) in [6.45, 7) is 10.3. The Labute approximate surface area is 123 Å². The van der Waals surface area contributed by atoms with Gasteiger partial charge in [-0.25, -0.2) is 0 Å². The summed E-state index contributed by atoms with van der Waals surface area (Å²) in [6.07, 6.45) is 7.31. The first-order valence-corrected chi connectivity index (χ1v) is 8.03. The molecule has 0 spiro atoms. The van der Waals surface area contributed by atoms with Gasteiger partial charge in [-0.1, -0.05) is 19.8 Å². The Hall–Kier alpha value is -0.870. The van der Waals surface area contributed by atoms with Gasteiger partial charge in [-0.2, -0.15) is 5.10 Å². The van der Waals surface area contributed by atoms with Crippen LogP contribution in [0.2, 0.25) is 0 Å². The van der Waals surface area contributed by atoms with E-state index >= 15 is 0 Å². The molecule has 1 atom stereocenters. The minimum atomic E-state index is 0.105. The summed E-state index contributed by atoms with van der Waals surface area (Å²) >= 11 is 0. The number of nitrogens with one attached hydrogen (secondary N) is 1. The van der Waals surface area contributed by atoms with E-state index < -0.39 is 0 Å². The van der Waals surface area contributed by atoms with Gasteiger partial charge in [0.05, 0.1) is 11.7 Å². The summed E-state index contributed by atoms with van der Waals surface area (Å²) < 4.78 is 2.01. The molecule has 114 valence electrons. The summed E-state index contributed by atoms with van der Waals surface area (Å²) in [4.78, 5) is 2.67. The van der Waals surface area contributed by atoms with Gasteiger partial charge in [-0.3, -0.25) is 9.58 Å². The van der Waals surface area contributed by atoms with Crippen LogP contribution in [0.3, 0.4) is 0 Å². The molecule has 0 aliphatic carbocycles. The first-order valence-electron chi connectivity index (χ1n) is 8.03. The Morgan fingerprint density at radius 3 is 2.40 bits per heavy atom. The van der Waals surface area contributed by atoms with Crippen LogP contribution in [-0.4, -0.2) is 39.9 Å². The number of nitrogens with zero attached hydrogens (tertiary/aromatic N) is 3. The third kappa shape index (κ3) is 3.23. The minimum Gasteiger partial charge on any atom is -0.307 e. The Bertz CT molecular complexity index is 402. The Kier molecular flexibility index (Phi) is 5.22. The van der Waals surface area contributed by atoms with Crippen LogP contribution >= 0.6 is 0 Å². The van der Waals surface area contributed by atoms with Crippen LogP contribution in [0.25, 0.3) is 0 Å². The second kappa shape index (κ2) is 6.72. The highest BCUT2D eigenvalue weighted by Gasteiger charge is 2.37. The molecule has 1 unspecified atom stereocenters. The standard InChI is InChI=1S/C16H30N4/c1-5-17-15(14-10-11-18-19(14)4)16(2,3)20-12-8-6-7-9-13-20/h10-11,15,17H,5-9,12-13H2,1-4H3. The van der Waals surface area contributed by atoms with Gasteiger partial charge in [-0.05, 0) is 52.4 Å². The number of hydrogen-bond donors (Lipinski definition) is 1. The van der Waals surface area contributed by atoms with Crippen molar-refractivity contribution >= 4 is 0 Å². The number of hydrogen-bond acceptors (Lipinski definition) is 3. The number of likely N-dealkylation sites (tertiary alicyclic amines) is 1. The van der Waals surface area contributed by atoms with E-state index in [1.807, 2.05) is 17.9 Å². The molecule has 0 amide bonds. The summed E-state index contributed by atoms with van der Waals surface area (Å²) in [6, 6.07) is 2.46. The normalized spacial score (nSPS) is 19.8. The molecule has 4 nitrogen and oxygen atoms in total. The fraction of sp³-hybridized carbons (Fsp3) is 0.812. The van der Waals surface area contributed by atoms with Gasteiger partial charge in [0.2, 0.25) is 0 Å². The molecule has 1 aromatic heterocycles. The third-order valence-corrected chi connectivity index (χ3v) is 4.69. The van der Waals surface area contributed by atoms with Crippen molar-refractivity contribution in [1.82, 2.24) is 20.0 Å². The average molecular weight is 278 g/mol. The molecule has 1 aliphatic rings. The van der Waals surface area contributed by atoms with Gasteiger partial charge < -0.3 is 5.32 Å². The maximum Gasteiger partial charge on any atom is 0.0673 e. The van der Waals surface area contributed by atoms with Crippen LogP contribution in [0.1, 0.15) is 58.2 Å². The van der Waals surface area contributed by atoms with Gasteiger partial charge in [0.1, 0.15) is 0 Å². The molecule has 20 heavy (non-hydrogen) atoms. The van der Waals surface area contributed by atoms with Crippen LogP contribution in [0.5, 0.6) is 0 Å². The van der Waals surface area contributed by atoms with Crippen molar-refractivity contribution in [2.75, 3.05) is 19.6 Å². The monoisotopic (exact) mass is 278 g/mol. The maximum absolute atomic E-state index is 4.36. The lowest BCUT2D eigenvalue weighted by molar-refractivity contribution is 0.0809. The SMILES string of the molecule is CCNC(c1ccnn1C)C(C)(C)N1CCCCCC1. The van der Waals surface area contributed by atoms with E-state index in [0.29, 0.717) is 6.04 Å². The van der Waals surface area contributed by atoms with Crippen LogP contribution in [-0.2, 0) is 7.05 Å². The molecule has 1 aliphatic heterocycles. The van der Waals surface area contributed by atoms with Crippen LogP contribution in [0, 0.1) is 0 Å². The maximum atomic E-state index is 4.36. The number of aryl methyl sites for hydroxylation is 1. The van der Waals surface area contributed by atoms with Gasteiger partial charge in [0.25, 0.3) is 0 Å². The zero-order valence-corrected chi connectivity index (χ0v) is 13.5. The van der Waals surface area contributed by atoms with Crippen molar-refractivity contribution in [3.8, 4) is 0 Å². The summed E-state index contributed by atoms with van der Waals surface area (Å²) in [5.74, 6) is 0. The van der Waals surface area contributed by atoms with Gasteiger partial charge >= 0.3 is 0 Å². The second-order valence-corrected chi connectivity index (χ2v) is 6.43. The molecule has 0 bridgehead atoms. The summed E-state index contributed by atoms with van der Waals surface area (Å²) in [7, 11) is 2.04. The molecule has 0 aromatic carbocycles. The van der Waals surface area contributed by atoms with Gasteiger partial charge in [0, 0.05) is 18.8 Å². The molecule has 1 saturated heterocycles. The van der Waals surface area contributed by atoms with E-state index in [9.17, 15) is 0 Å². The summed E-state index contributed by atoms with van der Waals surface area (Å²) in [5, 5.41) is 8.04. The highest BCUT2D eigenvalue weighted by Crippen LogP contribution is 2.32. The van der Waals surface area contributed by atoms with Crippen molar-refractivity contribution in [2.45, 2.75) is 58.0 Å². The quantitative estimate of drug-likeness (QED) is 0.899. The van der Waals surface area contributed by atoms with Crippen LogP contribution < -0.4 is 5.32 Å². The van der Waals surface area contributed by atoms with Crippen molar-refractivity contribution in [1.29, 1.82) is 0 Å². The van der Waals surface area contributed by atoms with E-state index in [2.05, 4.69) is 42.2 Å². The van der Waals surface area contributed by atoms with E-state index in [4.69, 9.17) is 0 Å². The van der Waals surface area contributed by atoms with Crippen molar-refractivity contribution in [3.05, 3.63) is 18.0 Å². The van der Waals surface area contributed by atoms with E-state index in [0.717, 1.165) is 6.54 Å². The minimum absolute atomic E-state index is 0.105. The molecule has 1 N–H and O–H groups in total. The Balaban J connectivity index is 2.24. The molecular formula is C16H30N4. The predicted molar refractivity (Wildman–Crippen MR) is 83.7 cm³/mol. The largest absolute Gasteiger partial charge is 0.307 e. The molecule has 0 radical (unpaired) electrons. The molecule has 4 heteroatoms. The first kappa shape index (κ1) is 15.5.